The molecular formula is C20H27NO. The number of benzene rings is 1. The first-order chi connectivity index (χ1) is 10.5. The van der Waals surface area contributed by atoms with Gasteiger partial charge in [0.2, 0.25) is 5.91 Å². The molecule has 0 aliphatic heterocycles. The molecule has 0 spiro atoms. The fourth-order valence-corrected chi connectivity index (χ4v) is 5.48. The van der Waals surface area contributed by atoms with Crippen LogP contribution in [0, 0.1) is 23.7 Å². The fourth-order valence-electron chi connectivity index (χ4n) is 5.48. The van der Waals surface area contributed by atoms with E-state index in [1.807, 2.05) is 32.0 Å². The Bertz CT molecular complexity index is 534. The zero-order chi connectivity index (χ0) is 15.3. The Morgan fingerprint density at radius 3 is 2.05 bits per heavy atom. The minimum Gasteiger partial charge on any atom is -0.352 e. The maximum absolute atomic E-state index is 12.9. The Hall–Kier alpha value is -1.31. The van der Waals surface area contributed by atoms with Gasteiger partial charge in [-0.05, 0) is 75.2 Å². The quantitative estimate of drug-likeness (QED) is 0.900. The van der Waals surface area contributed by atoms with Crippen LogP contribution in [0.3, 0.4) is 0 Å². The SMILES string of the molecule is CC(C)(C(=O)NC1C2CC3CC(C2)CC1C3)c1ccccc1. The van der Waals surface area contributed by atoms with Gasteiger partial charge < -0.3 is 5.32 Å². The molecule has 4 saturated carbocycles. The molecule has 1 aromatic rings. The third-order valence-corrected chi connectivity index (χ3v) is 6.59. The molecule has 0 aromatic heterocycles. The predicted molar refractivity (Wildman–Crippen MR) is 88.4 cm³/mol. The van der Waals surface area contributed by atoms with Crippen molar-refractivity contribution >= 4 is 5.91 Å². The lowest BCUT2D eigenvalue weighted by Gasteiger charge is -2.54. The fraction of sp³-hybridized carbons (Fsp3) is 0.650. The highest BCUT2D eigenvalue weighted by molar-refractivity contribution is 5.87. The number of hydrogen-bond donors (Lipinski definition) is 1. The summed E-state index contributed by atoms with van der Waals surface area (Å²) < 4.78 is 0. The lowest BCUT2D eigenvalue weighted by atomic mass is 9.54. The molecule has 2 nitrogen and oxygen atoms in total. The van der Waals surface area contributed by atoms with Gasteiger partial charge in [0, 0.05) is 6.04 Å². The Kier molecular flexibility index (Phi) is 3.32. The van der Waals surface area contributed by atoms with E-state index in [0.717, 1.165) is 29.2 Å². The average Bonchev–Trinajstić information content (AvgIpc) is 2.50. The van der Waals surface area contributed by atoms with Crippen LogP contribution in [0.2, 0.25) is 0 Å². The largest absolute Gasteiger partial charge is 0.352 e. The molecule has 1 N–H and O–H groups in total. The number of carbonyl (C=O) groups excluding carboxylic acids is 1. The molecule has 118 valence electrons. The zero-order valence-electron chi connectivity index (χ0n) is 13.7. The molecule has 4 fully saturated rings. The second-order valence-electron chi connectivity index (χ2n) is 8.42. The molecule has 0 unspecified atom stereocenters. The first-order valence-electron chi connectivity index (χ1n) is 8.90. The third-order valence-electron chi connectivity index (χ3n) is 6.59. The maximum atomic E-state index is 12.9. The first kappa shape index (κ1) is 14.3. The van der Waals surface area contributed by atoms with E-state index in [-0.39, 0.29) is 5.91 Å². The molecule has 2 heteroatoms. The summed E-state index contributed by atoms with van der Waals surface area (Å²) >= 11 is 0. The molecule has 0 radical (unpaired) electrons. The van der Waals surface area contributed by atoms with Gasteiger partial charge in [0.05, 0.1) is 5.41 Å². The van der Waals surface area contributed by atoms with E-state index in [9.17, 15) is 4.79 Å². The number of amides is 1. The van der Waals surface area contributed by atoms with Crippen molar-refractivity contribution in [1.29, 1.82) is 0 Å². The van der Waals surface area contributed by atoms with Crippen LogP contribution in [-0.2, 0) is 10.2 Å². The number of rotatable bonds is 3. The molecule has 1 aromatic carbocycles. The molecular weight excluding hydrogens is 270 g/mol. The monoisotopic (exact) mass is 297 g/mol. The molecule has 22 heavy (non-hydrogen) atoms. The van der Waals surface area contributed by atoms with Crippen molar-refractivity contribution in [3.05, 3.63) is 35.9 Å². The second kappa shape index (κ2) is 5.11. The van der Waals surface area contributed by atoms with Gasteiger partial charge in [0.1, 0.15) is 0 Å². The molecule has 0 heterocycles. The van der Waals surface area contributed by atoms with E-state index in [4.69, 9.17) is 0 Å². The van der Waals surface area contributed by atoms with Crippen molar-refractivity contribution in [3.63, 3.8) is 0 Å². The molecule has 0 saturated heterocycles. The Morgan fingerprint density at radius 2 is 1.50 bits per heavy atom. The van der Waals surface area contributed by atoms with Gasteiger partial charge in [0.15, 0.2) is 0 Å². The van der Waals surface area contributed by atoms with Gasteiger partial charge in [-0.1, -0.05) is 30.3 Å². The van der Waals surface area contributed by atoms with E-state index in [1.165, 1.54) is 32.1 Å². The summed E-state index contributed by atoms with van der Waals surface area (Å²) in [7, 11) is 0. The molecule has 5 rings (SSSR count). The van der Waals surface area contributed by atoms with Crippen molar-refractivity contribution in [2.45, 2.75) is 57.4 Å². The van der Waals surface area contributed by atoms with Crippen LogP contribution in [0.15, 0.2) is 30.3 Å². The van der Waals surface area contributed by atoms with Gasteiger partial charge in [-0.2, -0.15) is 0 Å². The third kappa shape index (κ3) is 2.28. The Morgan fingerprint density at radius 1 is 0.955 bits per heavy atom. The topological polar surface area (TPSA) is 29.1 Å². The van der Waals surface area contributed by atoms with Gasteiger partial charge in [-0.25, -0.2) is 0 Å². The van der Waals surface area contributed by atoms with E-state index in [0.29, 0.717) is 6.04 Å². The summed E-state index contributed by atoms with van der Waals surface area (Å²) in [6.07, 6.45) is 6.87. The highest BCUT2D eigenvalue weighted by Crippen LogP contribution is 2.53. The highest BCUT2D eigenvalue weighted by Gasteiger charge is 2.49. The molecule has 4 aliphatic carbocycles. The van der Waals surface area contributed by atoms with Crippen LogP contribution >= 0.6 is 0 Å². The van der Waals surface area contributed by atoms with Gasteiger partial charge >= 0.3 is 0 Å². The number of nitrogens with one attached hydrogen (secondary N) is 1. The van der Waals surface area contributed by atoms with Gasteiger partial charge in [-0.15, -0.1) is 0 Å². The molecule has 0 atom stereocenters. The van der Waals surface area contributed by atoms with Gasteiger partial charge in [0.25, 0.3) is 0 Å². The van der Waals surface area contributed by atoms with Crippen LogP contribution in [0.25, 0.3) is 0 Å². The van der Waals surface area contributed by atoms with E-state index in [2.05, 4.69) is 17.4 Å². The summed E-state index contributed by atoms with van der Waals surface area (Å²) in [4.78, 5) is 12.9. The molecule has 4 bridgehead atoms. The summed E-state index contributed by atoms with van der Waals surface area (Å²) in [5.74, 6) is 3.60. The van der Waals surface area contributed by atoms with Crippen molar-refractivity contribution in [1.82, 2.24) is 5.32 Å². The lowest BCUT2D eigenvalue weighted by Crippen LogP contribution is -2.58. The van der Waals surface area contributed by atoms with Crippen molar-refractivity contribution in [3.8, 4) is 0 Å². The van der Waals surface area contributed by atoms with Gasteiger partial charge in [-0.3, -0.25) is 4.79 Å². The van der Waals surface area contributed by atoms with Crippen molar-refractivity contribution < 1.29 is 4.79 Å². The highest BCUT2D eigenvalue weighted by atomic mass is 16.2. The van der Waals surface area contributed by atoms with Crippen LogP contribution in [0.4, 0.5) is 0 Å². The first-order valence-corrected chi connectivity index (χ1v) is 8.90. The normalized spacial score (nSPS) is 36.4. The van der Waals surface area contributed by atoms with E-state index >= 15 is 0 Å². The lowest BCUT2D eigenvalue weighted by molar-refractivity contribution is -0.129. The zero-order valence-corrected chi connectivity index (χ0v) is 13.7. The number of carbonyl (C=O) groups is 1. The van der Waals surface area contributed by atoms with Crippen molar-refractivity contribution in [2.24, 2.45) is 23.7 Å². The predicted octanol–water partition coefficient (Wildman–Crippen LogP) is 3.91. The standard InChI is InChI=1S/C20H27NO/c1-20(2,17-6-4-3-5-7-17)19(22)21-18-15-9-13-8-14(11-15)12-16(18)10-13/h3-7,13-16,18H,8-12H2,1-2H3,(H,21,22). The summed E-state index contributed by atoms with van der Waals surface area (Å²) in [5, 5.41) is 3.46. The smallest absolute Gasteiger partial charge is 0.230 e. The average molecular weight is 297 g/mol. The van der Waals surface area contributed by atoms with E-state index in [1.54, 1.807) is 0 Å². The Labute approximate surface area is 133 Å². The maximum Gasteiger partial charge on any atom is 0.230 e. The summed E-state index contributed by atoms with van der Waals surface area (Å²) in [6, 6.07) is 10.6. The van der Waals surface area contributed by atoms with Crippen LogP contribution in [0.5, 0.6) is 0 Å². The van der Waals surface area contributed by atoms with Crippen molar-refractivity contribution in [2.75, 3.05) is 0 Å². The molecule has 1 amide bonds. The van der Waals surface area contributed by atoms with E-state index < -0.39 is 5.41 Å². The summed E-state index contributed by atoms with van der Waals surface area (Å²) in [6.45, 7) is 4.10. The van der Waals surface area contributed by atoms with Crippen LogP contribution < -0.4 is 5.32 Å². The minimum atomic E-state index is -0.448. The van der Waals surface area contributed by atoms with Crippen LogP contribution in [0.1, 0.15) is 51.5 Å². The Balaban J connectivity index is 1.50. The molecule has 4 aliphatic rings. The van der Waals surface area contributed by atoms with Crippen LogP contribution in [-0.4, -0.2) is 11.9 Å². The second-order valence-corrected chi connectivity index (χ2v) is 8.42. The summed E-state index contributed by atoms with van der Waals surface area (Å²) in [5.41, 5.74) is 0.659. The minimum absolute atomic E-state index is 0.205. The number of hydrogen-bond acceptors (Lipinski definition) is 1.